The zero-order chi connectivity index (χ0) is 19.5. The van der Waals surface area contributed by atoms with Crippen molar-refractivity contribution in [3.63, 3.8) is 0 Å². The van der Waals surface area contributed by atoms with Gasteiger partial charge in [-0.2, -0.15) is 0 Å². The van der Waals surface area contributed by atoms with E-state index >= 15 is 0 Å². The highest BCUT2D eigenvalue weighted by molar-refractivity contribution is 14.1. The van der Waals surface area contributed by atoms with Crippen molar-refractivity contribution in [1.82, 2.24) is 15.1 Å². The number of piperidine rings is 1. The third kappa shape index (κ3) is 4.09. The first-order valence-electron chi connectivity index (χ1n) is 10.0. The van der Waals surface area contributed by atoms with Crippen molar-refractivity contribution in [2.75, 3.05) is 42.5 Å². The predicted octanol–water partition coefficient (Wildman–Crippen LogP) is 3.42. The Labute approximate surface area is 180 Å². The number of benzene rings is 1. The molecule has 28 heavy (non-hydrogen) atoms. The summed E-state index contributed by atoms with van der Waals surface area (Å²) in [4.78, 5) is 19.3. The van der Waals surface area contributed by atoms with Crippen LogP contribution in [0.1, 0.15) is 36.5 Å². The van der Waals surface area contributed by atoms with Crippen LogP contribution in [-0.2, 0) is 0 Å². The number of rotatable bonds is 3. The van der Waals surface area contributed by atoms with Crippen LogP contribution in [-0.4, -0.2) is 59.8 Å². The number of piperazine rings is 1. The van der Waals surface area contributed by atoms with E-state index in [9.17, 15) is 4.79 Å². The second-order valence-corrected chi connectivity index (χ2v) is 8.71. The van der Waals surface area contributed by atoms with E-state index in [0.29, 0.717) is 19.1 Å². The normalized spacial score (nSPS) is 20.4. The molecule has 0 bridgehead atoms. The first-order valence-corrected chi connectivity index (χ1v) is 11.1. The van der Waals surface area contributed by atoms with Crippen LogP contribution in [0.4, 0.5) is 11.6 Å². The van der Waals surface area contributed by atoms with E-state index in [1.54, 1.807) is 0 Å². The highest BCUT2D eigenvalue weighted by Gasteiger charge is 2.25. The topological polar surface area (TPSA) is 52.6 Å². The van der Waals surface area contributed by atoms with Crippen molar-refractivity contribution in [1.29, 1.82) is 0 Å². The average Bonchev–Trinajstić information content (AvgIpc) is 2.74. The maximum absolute atomic E-state index is 12.8. The van der Waals surface area contributed by atoms with E-state index in [1.165, 1.54) is 19.3 Å². The molecule has 2 fully saturated rings. The summed E-state index contributed by atoms with van der Waals surface area (Å²) in [5.74, 6) is 1.99. The van der Waals surface area contributed by atoms with Gasteiger partial charge >= 0.3 is 0 Å². The summed E-state index contributed by atoms with van der Waals surface area (Å²) < 4.78 is 1.00. The van der Waals surface area contributed by atoms with Crippen LogP contribution < -0.4 is 9.80 Å². The van der Waals surface area contributed by atoms with Crippen molar-refractivity contribution >= 4 is 40.1 Å². The number of hydrogen-bond donors (Lipinski definition) is 0. The summed E-state index contributed by atoms with van der Waals surface area (Å²) in [5.41, 5.74) is 0.788. The number of nitrogens with zero attached hydrogens (tertiary/aromatic N) is 5. The molecule has 2 saturated heterocycles. The van der Waals surface area contributed by atoms with E-state index in [2.05, 4.69) is 61.6 Å². The van der Waals surface area contributed by atoms with Crippen LogP contribution in [0.15, 0.2) is 36.4 Å². The quantitative estimate of drug-likeness (QED) is 0.617. The van der Waals surface area contributed by atoms with Gasteiger partial charge in [0.2, 0.25) is 0 Å². The summed E-state index contributed by atoms with van der Waals surface area (Å²) >= 11 is 2.23. The number of amides is 1. The number of anilines is 2. The van der Waals surface area contributed by atoms with Crippen molar-refractivity contribution < 1.29 is 4.79 Å². The second-order valence-electron chi connectivity index (χ2n) is 7.55. The Bertz CT molecular complexity index is 820. The fourth-order valence-corrected chi connectivity index (χ4v) is 4.64. The van der Waals surface area contributed by atoms with Crippen LogP contribution in [0.3, 0.4) is 0 Å². The second kappa shape index (κ2) is 8.63. The van der Waals surface area contributed by atoms with Crippen molar-refractivity contribution in [2.24, 2.45) is 0 Å². The van der Waals surface area contributed by atoms with E-state index in [4.69, 9.17) is 0 Å². The van der Waals surface area contributed by atoms with Gasteiger partial charge in [-0.05, 0) is 73.0 Å². The maximum atomic E-state index is 12.8. The van der Waals surface area contributed by atoms with Crippen molar-refractivity contribution in [3.8, 4) is 0 Å². The summed E-state index contributed by atoms with van der Waals surface area (Å²) in [6, 6.07) is 12.5. The Kier molecular flexibility index (Phi) is 5.99. The Balaban J connectivity index is 1.37. The van der Waals surface area contributed by atoms with Gasteiger partial charge < -0.3 is 14.7 Å². The first-order chi connectivity index (χ1) is 13.6. The lowest BCUT2D eigenvalue weighted by atomic mass is 10.0. The standard InChI is InChI=1S/C21H26IN5O/c1-16-6-4-5-11-27(16)20-10-9-19(23-24-20)25-12-14-26(15-13-25)21(28)17-7-2-3-8-18(17)22/h2-3,7-10,16H,4-6,11-15H2,1H3. The predicted molar refractivity (Wildman–Crippen MR) is 120 cm³/mol. The van der Waals surface area contributed by atoms with Gasteiger partial charge in [-0.25, -0.2) is 0 Å². The van der Waals surface area contributed by atoms with Crippen LogP contribution in [0.25, 0.3) is 0 Å². The fraction of sp³-hybridized carbons (Fsp3) is 0.476. The molecule has 2 aromatic rings. The summed E-state index contributed by atoms with van der Waals surface area (Å²) in [7, 11) is 0. The van der Waals surface area contributed by atoms with Crippen LogP contribution >= 0.6 is 22.6 Å². The minimum Gasteiger partial charge on any atom is -0.352 e. The van der Waals surface area contributed by atoms with Gasteiger partial charge in [0.25, 0.3) is 5.91 Å². The van der Waals surface area contributed by atoms with E-state index in [-0.39, 0.29) is 5.91 Å². The minimum atomic E-state index is 0.116. The van der Waals surface area contributed by atoms with Gasteiger partial charge in [0.15, 0.2) is 11.6 Å². The Morgan fingerprint density at radius 3 is 2.36 bits per heavy atom. The number of carbonyl (C=O) groups excluding carboxylic acids is 1. The molecule has 2 aliphatic heterocycles. The number of carbonyl (C=O) groups is 1. The lowest BCUT2D eigenvalue weighted by Gasteiger charge is -2.36. The molecule has 0 N–H and O–H groups in total. The molecule has 1 aromatic heterocycles. The number of hydrogen-bond acceptors (Lipinski definition) is 5. The third-order valence-electron chi connectivity index (χ3n) is 5.73. The zero-order valence-corrected chi connectivity index (χ0v) is 18.4. The molecule has 4 rings (SSSR count). The molecule has 148 valence electrons. The summed E-state index contributed by atoms with van der Waals surface area (Å²) in [6.07, 6.45) is 3.75. The molecular weight excluding hydrogens is 465 g/mol. The van der Waals surface area contributed by atoms with Gasteiger partial charge in [0.05, 0.1) is 5.56 Å². The van der Waals surface area contributed by atoms with Crippen molar-refractivity contribution in [2.45, 2.75) is 32.2 Å². The number of halogens is 1. The fourth-order valence-electron chi connectivity index (χ4n) is 4.02. The first kappa shape index (κ1) is 19.4. The van der Waals surface area contributed by atoms with Gasteiger partial charge in [0, 0.05) is 42.3 Å². The van der Waals surface area contributed by atoms with Gasteiger partial charge in [0.1, 0.15) is 0 Å². The molecule has 0 saturated carbocycles. The molecule has 0 aliphatic carbocycles. The van der Waals surface area contributed by atoms with E-state index in [0.717, 1.165) is 40.4 Å². The molecule has 1 unspecified atom stereocenters. The molecule has 2 aliphatic rings. The van der Waals surface area contributed by atoms with Crippen LogP contribution in [0.5, 0.6) is 0 Å². The van der Waals surface area contributed by atoms with Gasteiger partial charge in [-0.3, -0.25) is 4.79 Å². The molecule has 1 aromatic carbocycles. The Hall–Kier alpha value is -1.90. The van der Waals surface area contributed by atoms with E-state index in [1.807, 2.05) is 29.2 Å². The number of aromatic nitrogens is 2. The molecule has 3 heterocycles. The third-order valence-corrected chi connectivity index (χ3v) is 6.67. The Morgan fingerprint density at radius 2 is 1.68 bits per heavy atom. The lowest BCUT2D eigenvalue weighted by molar-refractivity contribution is 0.0745. The van der Waals surface area contributed by atoms with Crippen molar-refractivity contribution in [3.05, 3.63) is 45.5 Å². The zero-order valence-electron chi connectivity index (χ0n) is 16.2. The van der Waals surface area contributed by atoms with Gasteiger partial charge in [-0.1, -0.05) is 12.1 Å². The molecule has 7 heteroatoms. The van der Waals surface area contributed by atoms with Crippen LogP contribution in [0.2, 0.25) is 0 Å². The molecule has 6 nitrogen and oxygen atoms in total. The molecule has 0 radical (unpaired) electrons. The van der Waals surface area contributed by atoms with E-state index < -0.39 is 0 Å². The highest BCUT2D eigenvalue weighted by atomic mass is 127. The molecular formula is C21H26IN5O. The highest BCUT2D eigenvalue weighted by Crippen LogP contribution is 2.24. The molecule has 1 atom stereocenters. The van der Waals surface area contributed by atoms with Gasteiger partial charge in [-0.15, -0.1) is 10.2 Å². The largest absolute Gasteiger partial charge is 0.352 e. The minimum absolute atomic E-state index is 0.116. The average molecular weight is 491 g/mol. The molecule has 0 spiro atoms. The molecule has 1 amide bonds. The Morgan fingerprint density at radius 1 is 0.964 bits per heavy atom. The maximum Gasteiger partial charge on any atom is 0.255 e. The summed E-state index contributed by atoms with van der Waals surface area (Å²) in [5, 5.41) is 8.98. The van der Waals surface area contributed by atoms with Crippen LogP contribution in [0, 0.1) is 3.57 Å². The summed E-state index contributed by atoms with van der Waals surface area (Å²) in [6.45, 7) is 6.30. The SMILES string of the molecule is CC1CCCCN1c1ccc(N2CCN(C(=O)c3ccccc3I)CC2)nn1. The smallest absolute Gasteiger partial charge is 0.255 e. The monoisotopic (exact) mass is 491 g/mol. The lowest BCUT2D eigenvalue weighted by Crippen LogP contribution is -2.49.